The van der Waals surface area contributed by atoms with Crippen LogP contribution in [0.4, 0.5) is 0 Å². The van der Waals surface area contributed by atoms with Gasteiger partial charge >= 0.3 is 0 Å². The molecule has 0 N–H and O–H groups in total. The maximum atomic E-state index is 2.46. The summed E-state index contributed by atoms with van der Waals surface area (Å²) in [4.78, 5) is 0. The molecule has 0 aliphatic rings. The monoisotopic (exact) mass is 801 g/mol. The number of benzene rings is 10. The van der Waals surface area contributed by atoms with Gasteiger partial charge in [0.2, 0.25) is 0 Å². The van der Waals surface area contributed by atoms with Crippen molar-refractivity contribution in [3.05, 3.63) is 237 Å². The van der Waals surface area contributed by atoms with E-state index >= 15 is 0 Å². The summed E-state index contributed by atoms with van der Waals surface area (Å²) in [6, 6.07) is 86.6. The molecule has 13 rings (SSSR count). The van der Waals surface area contributed by atoms with Crippen molar-refractivity contribution in [1.29, 1.82) is 0 Å². The first-order valence-electron chi connectivity index (χ1n) is 21.7. The van der Waals surface area contributed by atoms with Gasteiger partial charge in [-0.2, -0.15) is 0 Å². The zero-order chi connectivity index (χ0) is 41.4. The van der Waals surface area contributed by atoms with Crippen LogP contribution in [-0.4, -0.2) is 13.7 Å². The summed E-state index contributed by atoms with van der Waals surface area (Å²) in [6.07, 6.45) is 0. The molecular formula is C60H39N3. The highest BCUT2D eigenvalue weighted by Gasteiger charge is 2.19. The fourth-order valence-electron chi connectivity index (χ4n) is 10.2. The second-order valence-electron chi connectivity index (χ2n) is 16.6. The third-order valence-electron chi connectivity index (χ3n) is 13.0. The van der Waals surface area contributed by atoms with Gasteiger partial charge in [0.1, 0.15) is 0 Å². The highest BCUT2D eigenvalue weighted by Crippen LogP contribution is 2.41. The van der Waals surface area contributed by atoms with Gasteiger partial charge in [-0.15, -0.1) is 0 Å². The number of nitrogens with zero attached hydrogens (tertiary/aromatic N) is 3. The number of para-hydroxylation sites is 4. The van der Waals surface area contributed by atoms with Crippen LogP contribution in [0, 0.1) is 0 Å². The number of hydrogen-bond acceptors (Lipinski definition) is 0. The molecular weight excluding hydrogens is 763 g/mol. The quantitative estimate of drug-likeness (QED) is 0.159. The molecule has 0 fully saturated rings. The third-order valence-corrected chi connectivity index (χ3v) is 13.0. The van der Waals surface area contributed by atoms with Crippen molar-refractivity contribution in [1.82, 2.24) is 13.7 Å². The molecule has 0 atom stereocenters. The van der Waals surface area contributed by atoms with E-state index in [2.05, 4.69) is 250 Å². The van der Waals surface area contributed by atoms with Gasteiger partial charge < -0.3 is 13.7 Å². The molecule has 0 saturated heterocycles. The average molecular weight is 802 g/mol. The Morgan fingerprint density at radius 3 is 1.13 bits per heavy atom. The lowest BCUT2D eigenvalue weighted by Crippen LogP contribution is -1.98. The van der Waals surface area contributed by atoms with E-state index in [1.54, 1.807) is 0 Å². The predicted octanol–water partition coefficient (Wildman–Crippen LogP) is 16.0. The first-order valence-corrected chi connectivity index (χ1v) is 21.7. The van der Waals surface area contributed by atoms with Crippen molar-refractivity contribution in [3.63, 3.8) is 0 Å². The van der Waals surface area contributed by atoms with Crippen LogP contribution in [0.3, 0.4) is 0 Å². The van der Waals surface area contributed by atoms with Crippen LogP contribution in [0.2, 0.25) is 0 Å². The lowest BCUT2D eigenvalue weighted by atomic mass is 9.95. The summed E-state index contributed by atoms with van der Waals surface area (Å²) >= 11 is 0. The lowest BCUT2D eigenvalue weighted by molar-refractivity contribution is 1.15. The fourth-order valence-corrected chi connectivity index (χ4v) is 10.2. The smallest absolute Gasteiger partial charge is 0.0561 e. The average Bonchev–Trinajstić information content (AvgIpc) is 4.00. The molecule has 13 aromatic rings. The summed E-state index contributed by atoms with van der Waals surface area (Å²) < 4.78 is 7.33. The molecule has 0 saturated carbocycles. The largest absolute Gasteiger partial charge is 0.309 e. The van der Waals surface area contributed by atoms with Crippen LogP contribution in [-0.2, 0) is 0 Å². The Hall–Kier alpha value is -8.40. The summed E-state index contributed by atoms with van der Waals surface area (Å²) in [7, 11) is 0. The molecule has 0 amide bonds. The molecule has 3 aromatic heterocycles. The van der Waals surface area contributed by atoms with Gasteiger partial charge in [0.15, 0.2) is 0 Å². The highest BCUT2D eigenvalue weighted by molar-refractivity contribution is 6.14. The van der Waals surface area contributed by atoms with E-state index in [1.807, 2.05) is 0 Å². The molecule has 63 heavy (non-hydrogen) atoms. The van der Waals surface area contributed by atoms with Crippen molar-refractivity contribution in [2.24, 2.45) is 0 Å². The van der Waals surface area contributed by atoms with Crippen LogP contribution < -0.4 is 0 Å². The molecule has 0 spiro atoms. The van der Waals surface area contributed by atoms with Gasteiger partial charge in [-0.25, -0.2) is 0 Å². The maximum absolute atomic E-state index is 2.46. The number of aromatic nitrogens is 3. The fraction of sp³-hybridized carbons (Fsp3) is 0. The molecule has 294 valence electrons. The number of fused-ring (bicyclic) bond motifs is 9. The molecule has 0 aliphatic carbocycles. The van der Waals surface area contributed by atoms with Crippen molar-refractivity contribution in [3.8, 4) is 50.4 Å². The Labute approximate surface area is 364 Å². The summed E-state index contributed by atoms with van der Waals surface area (Å²) in [5.41, 5.74) is 17.7. The third kappa shape index (κ3) is 5.60. The first-order chi connectivity index (χ1) is 31.2. The summed E-state index contributed by atoms with van der Waals surface area (Å²) in [5.74, 6) is 0. The molecule has 3 heterocycles. The molecule has 0 unspecified atom stereocenters. The van der Waals surface area contributed by atoms with E-state index < -0.39 is 0 Å². The van der Waals surface area contributed by atoms with Crippen LogP contribution in [0.25, 0.3) is 116 Å². The van der Waals surface area contributed by atoms with Crippen LogP contribution in [0.1, 0.15) is 0 Å². The van der Waals surface area contributed by atoms with Gasteiger partial charge in [0, 0.05) is 49.4 Å². The van der Waals surface area contributed by atoms with Crippen LogP contribution in [0.15, 0.2) is 237 Å². The Morgan fingerprint density at radius 2 is 0.540 bits per heavy atom. The molecule has 0 radical (unpaired) electrons. The molecule has 10 aromatic carbocycles. The normalized spacial score (nSPS) is 11.8. The van der Waals surface area contributed by atoms with E-state index in [0.29, 0.717) is 0 Å². The van der Waals surface area contributed by atoms with E-state index in [4.69, 9.17) is 0 Å². The van der Waals surface area contributed by atoms with Crippen LogP contribution >= 0.6 is 0 Å². The van der Waals surface area contributed by atoms with Crippen molar-refractivity contribution < 1.29 is 0 Å². The van der Waals surface area contributed by atoms with Crippen LogP contribution in [0.5, 0.6) is 0 Å². The van der Waals surface area contributed by atoms with E-state index in [0.717, 1.165) is 17.1 Å². The number of rotatable bonds is 6. The van der Waals surface area contributed by atoms with E-state index in [1.165, 1.54) is 98.8 Å². The lowest BCUT2D eigenvalue weighted by Gasteiger charge is -2.15. The molecule has 3 heteroatoms. The minimum Gasteiger partial charge on any atom is -0.309 e. The Balaban J connectivity index is 1.03. The zero-order valence-corrected chi connectivity index (χ0v) is 34.4. The minimum atomic E-state index is 1.13. The van der Waals surface area contributed by atoms with Gasteiger partial charge in [-0.1, -0.05) is 158 Å². The Morgan fingerprint density at radius 1 is 0.175 bits per heavy atom. The second kappa shape index (κ2) is 14.1. The topological polar surface area (TPSA) is 14.8 Å². The SMILES string of the molecule is c1ccc(-c2cccc(-c3cc(-c4ccccc4)cc(-n4c5ccccc5c5cc(-n6c7ccccc7c7ccc(-n8c9ccccc9c9ccccc98)cc76)ccc54)c3)c2)cc1. The number of hydrogen-bond donors (Lipinski definition) is 0. The van der Waals surface area contributed by atoms with Crippen molar-refractivity contribution in [2.45, 2.75) is 0 Å². The standard InChI is InChI=1S/C60H39N3/c1-3-16-40(17-4-1)42-20-15-21-43(34-42)45-35-44(41-18-5-2-6-19-41)36-48(37-45)63-58-29-14-10-25-52(58)54-38-46(31-33-59(54)63)62-57-28-13-9-24-51(57)53-32-30-47(39-60(53)62)61-55-26-11-7-22-49(55)50-23-8-12-27-56(50)61/h1-39H. The van der Waals surface area contributed by atoms with Gasteiger partial charge in [0.25, 0.3) is 0 Å². The Bertz CT molecular complexity index is 3850. The summed E-state index contributed by atoms with van der Waals surface area (Å²) in [6.45, 7) is 0. The van der Waals surface area contributed by atoms with Gasteiger partial charge in [0.05, 0.1) is 33.1 Å². The van der Waals surface area contributed by atoms with E-state index in [-0.39, 0.29) is 0 Å². The zero-order valence-electron chi connectivity index (χ0n) is 34.4. The molecule has 0 aliphatic heterocycles. The van der Waals surface area contributed by atoms with Crippen molar-refractivity contribution in [2.75, 3.05) is 0 Å². The molecule has 0 bridgehead atoms. The Kier molecular flexibility index (Phi) is 7.91. The first kappa shape index (κ1) is 35.4. The second-order valence-corrected chi connectivity index (χ2v) is 16.6. The minimum absolute atomic E-state index is 1.13. The molecule has 3 nitrogen and oxygen atoms in total. The van der Waals surface area contributed by atoms with Gasteiger partial charge in [-0.3, -0.25) is 0 Å². The predicted molar refractivity (Wildman–Crippen MR) is 266 cm³/mol. The van der Waals surface area contributed by atoms with E-state index in [9.17, 15) is 0 Å². The van der Waals surface area contributed by atoms with Gasteiger partial charge in [-0.05, 0) is 112 Å². The summed E-state index contributed by atoms with van der Waals surface area (Å²) in [5, 5.41) is 7.43. The highest BCUT2D eigenvalue weighted by atomic mass is 15.0. The van der Waals surface area contributed by atoms with Crippen molar-refractivity contribution >= 4 is 65.4 Å². The maximum Gasteiger partial charge on any atom is 0.0561 e.